The van der Waals surface area contributed by atoms with E-state index in [1.807, 2.05) is 20.8 Å². The Kier molecular flexibility index (Phi) is 6.50. The van der Waals surface area contributed by atoms with Gasteiger partial charge >= 0.3 is 5.97 Å². The highest BCUT2D eigenvalue weighted by atomic mass is 16.4. The first-order chi connectivity index (χ1) is 9.30. The number of carboxylic acids is 1. The molecule has 20 heavy (non-hydrogen) atoms. The van der Waals surface area contributed by atoms with Crippen LogP contribution in [-0.2, 0) is 9.59 Å². The minimum Gasteiger partial charge on any atom is -0.480 e. The van der Waals surface area contributed by atoms with Gasteiger partial charge in [0.15, 0.2) is 0 Å². The molecule has 0 aromatic carbocycles. The van der Waals surface area contributed by atoms with E-state index in [0.717, 1.165) is 18.8 Å². The molecular weight excluding hydrogens is 254 g/mol. The van der Waals surface area contributed by atoms with Crippen molar-refractivity contribution in [3.05, 3.63) is 0 Å². The third-order valence-electron chi connectivity index (χ3n) is 4.16. The van der Waals surface area contributed by atoms with Gasteiger partial charge in [-0.2, -0.15) is 0 Å². The molecule has 1 fully saturated rings. The summed E-state index contributed by atoms with van der Waals surface area (Å²) >= 11 is 0. The number of rotatable bonds is 6. The Bertz CT molecular complexity index is 327. The molecule has 0 aromatic heterocycles. The Morgan fingerprint density at radius 1 is 1.20 bits per heavy atom. The second-order valence-corrected chi connectivity index (χ2v) is 7.10. The fraction of sp³-hybridized carbons (Fsp3) is 0.875. The third-order valence-corrected chi connectivity index (χ3v) is 4.16. The zero-order valence-corrected chi connectivity index (χ0v) is 13.1. The minimum atomic E-state index is -0.960. The molecule has 4 nitrogen and oxygen atoms in total. The van der Waals surface area contributed by atoms with Crippen LogP contribution in [0.3, 0.4) is 0 Å². The van der Waals surface area contributed by atoms with E-state index in [0.29, 0.717) is 6.42 Å². The molecule has 1 aliphatic rings. The van der Waals surface area contributed by atoms with Crippen LogP contribution in [0, 0.1) is 11.3 Å². The number of carbonyl (C=O) groups excluding carboxylic acids is 1. The van der Waals surface area contributed by atoms with Crippen molar-refractivity contribution in [1.82, 2.24) is 5.32 Å². The summed E-state index contributed by atoms with van der Waals surface area (Å²) in [7, 11) is 0. The molecule has 0 saturated heterocycles. The molecule has 0 spiro atoms. The highest BCUT2D eigenvalue weighted by molar-refractivity contribution is 5.84. The second-order valence-electron chi connectivity index (χ2n) is 7.10. The molecule has 0 radical (unpaired) electrons. The smallest absolute Gasteiger partial charge is 0.326 e. The van der Waals surface area contributed by atoms with E-state index >= 15 is 0 Å². The Morgan fingerprint density at radius 2 is 1.80 bits per heavy atom. The molecule has 116 valence electrons. The van der Waals surface area contributed by atoms with E-state index in [-0.39, 0.29) is 5.91 Å². The average molecular weight is 283 g/mol. The second kappa shape index (κ2) is 7.65. The summed E-state index contributed by atoms with van der Waals surface area (Å²) in [4.78, 5) is 23.1. The fourth-order valence-electron chi connectivity index (χ4n) is 2.91. The fourth-order valence-corrected chi connectivity index (χ4v) is 2.91. The predicted octanol–water partition coefficient (Wildman–Crippen LogP) is 3.35. The zero-order chi connectivity index (χ0) is 15.2. The van der Waals surface area contributed by atoms with Crippen LogP contribution in [0.5, 0.6) is 0 Å². The lowest BCUT2D eigenvalue weighted by atomic mass is 9.85. The standard InChI is InChI=1S/C16H29NO3/c1-16(2,3)14(15(19)20)17-13(18)11-7-10-12-8-5-4-6-9-12/h12,14H,4-11H2,1-3H3,(H,17,18)(H,19,20). The Hall–Kier alpha value is -1.06. The van der Waals surface area contributed by atoms with Gasteiger partial charge in [0.25, 0.3) is 0 Å². The highest BCUT2D eigenvalue weighted by Crippen LogP contribution is 2.27. The van der Waals surface area contributed by atoms with Crippen LogP contribution in [0.15, 0.2) is 0 Å². The van der Waals surface area contributed by atoms with Gasteiger partial charge in [-0.25, -0.2) is 4.79 Å². The topological polar surface area (TPSA) is 66.4 Å². The number of carboxylic acid groups (broad SMARTS) is 1. The van der Waals surface area contributed by atoms with E-state index < -0.39 is 17.4 Å². The van der Waals surface area contributed by atoms with Gasteiger partial charge in [0, 0.05) is 6.42 Å². The van der Waals surface area contributed by atoms with Gasteiger partial charge in [-0.15, -0.1) is 0 Å². The lowest BCUT2D eigenvalue weighted by Crippen LogP contribution is -2.49. The van der Waals surface area contributed by atoms with Crippen LogP contribution in [0.4, 0.5) is 0 Å². The average Bonchev–Trinajstić information content (AvgIpc) is 2.35. The van der Waals surface area contributed by atoms with Gasteiger partial charge in [0.05, 0.1) is 0 Å². The molecular formula is C16H29NO3. The number of carbonyl (C=O) groups is 2. The van der Waals surface area contributed by atoms with E-state index in [1.165, 1.54) is 32.1 Å². The molecule has 0 aliphatic heterocycles. The zero-order valence-electron chi connectivity index (χ0n) is 13.1. The van der Waals surface area contributed by atoms with Gasteiger partial charge in [-0.3, -0.25) is 4.79 Å². The maximum absolute atomic E-state index is 11.9. The summed E-state index contributed by atoms with van der Waals surface area (Å²) in [5.41, 5.74) is -0.467. The van der Waals surface area contributed by atoms with Crippen LogP contribution in [0.2, 0.25) is 0 Å². The van der Waals surface area contributed by atoms with Crippen molar-refractivity contribution in [2.75, 3.05) is 0 Å². The molecule has 2 N–H and O–H groups in total. The summed E-state index contributed by atoms with van der Waals surface area (Å²) in [6.07, 6.45) is 8.99. The first kappa shape index (κ1) is 17.0. The summed E-state index contributed by atoms with van der Waals surface area (Å²) in [6, 6.07) is -0.815. The number of nitrogens with one attached hydrogen (secondary N) is 1. The Morgan fingerprint density at radius 3 is 2.30 bits per heavy atom. The van der Waals surface area contributed by atoms with Crippen LogP contribution in [-0.4, -0.2) is 23.0 Å². The largest absolute Gasteiger partial charge is 0.480 e. The van der Waals surface area contributed by atoms with E-state index in [4.69, 9.17) is 0 Å². The molecule has 1 amide bonds. The van der Waals surface area contributed by atoms with Gasteiger partial charge in [0.2, 0.25) is 5.91 Å². The van der Waals surface area contributed by atoms with Crippen LogP contribution in [0.25, 0.3) is 0 Å². The number of hydrogen-bond acceptors (Lipinski definition) is 2. The van der Waals surface area contributed by atoms with Crippen molar-refractivity contribution in [3.8, 4) is 0 Å². The van der Waals surface area contributed by atoms with Crippen molar-refractivity contribution < 1.29 is 14.7 Å². The monoisotopic (exact) mass is 283 g/mol. The molecule has 1 saturated carbocycles. The summed E-state index contributed by atoms with van der Waals surface area (Å²) in [5, 5.41) is 11.8. The maximum atomic E-state index is 11.9. The highest BCUT2D eigenvalue weighted by Gasteiger charge is 2.32. The van der Waals surface area contributed by atoms with Crippen LogP contribution in [0.1, 0.15) is 72.1 Å². The van der Waals surface area contributed by atoms with E-state index in [2.05, 4.69) is 5.32 Å². The first-order valence-electron chi connectivity index (χ1n) is 7.83. The SMILES string of the molecule is CC(C)(C)C(NC(=O)CCCC1CCCCC1)C(=O)O. The van der Waals surface area contributed by atoms with Crippen molar-refractivity contribution in [2.45, 2.75) is 78.2 Å². The third kappa shape index (κ3) is 5.93. The Balaban J connectivity index is 2.29. The molecule has 1 unspecified atom stereocenters. The van der Waals surface area contributed by atoms with Gasteiger partial charge in [-0.05, 0) is 24.2 Å². The number of aliphatic carboxylic acids is 1. The predicted molar refractivity (Wildman–Crippen MR) is 79.4 cm³/mol. The minimum absolute atomic E-state index is 0.136. The van der Waals surface area contributed by atoms with Crippen molar-refractivity contribution >= 4 is 11.9 Å². The van der Waals surface area contributed by atoms with Gasteiger partial charge in [-0.1, -0.05) is 52.9 Å². The number of amides is 1. The summed E-state index contributed by atoms with van der Waals surface area (Å²) in [5.74, 6) is -0.323. The maximum Gasteiger partial charge on any atom is 0.326 e. The lowest BCUT2D eigenvalue weighted by molar-refractivity contribution is -0.145. The van der Waals surface area contributed by atoms with E-state index in [9.17, 15) is 14.7 Å². The molecule has 0 aromatic rings. The molecule has 1 aliphatic carbocycles. The molecule has 0 bridgehead atoms. The van der Waals surface area contributed by atoms with Gasteiger partial charge < -0.3 is 10.4 Å². The van der Waals surface area contributed by atoms with Crippen molar-refractivity contribution in [1.29, 1.82) is 0 Å². The molecule has 1 rings (SSSR count). The summed E-state index contributed by atoms with van der Waals surface area (Å²) in [6.45, 7) is 5.48. The molecule has 1 atom stereocenters. The normalized spacial score (nSPS) is 18.6. The molecule has 4 heteroatoms. The van der Waals surface area contributed by atoms with Gasteiger partial charge in [0.1, 0.15) is 6.04 Å². The molecule has 0 heterocycles. The number of hydrogen-bond donors (Lipinski definition) is 2. The van der Waals surface area contributed by atoms with Crippen LogP contribution < -0.4 is 5.32 Å². The lowest BCUT2D eigenvalue weighted by Gasteiger charge is -2.28. The summed E-state index contributed by atoms with van der Waals surface area (Å²) < 4.78 is 0. The van der Waals surface area contributed by atoms with Crippen molar-refractivity contribution in [2.24, 2.45) is 11.3 Å². The first-order valence-corrected chi connectivity index (χ1v) is 7.83. The van der Waals surface area contributed by atoms with Crippen molar-refractivity contribution in [3.63, 3.8) is 0 Å². The Labute approximate surface area is 122 Å². The van der Waals surface area contributed by atoms with E-state index in [1.54, 1.807) is 0 Å². The quantitative estimate of drug-likeness (QED) is 0.785. The van der Waals surface area contributed by atoms with Crippen LogP contribution >= 0.6 is 0 Å².